The fourth-order valence-corrected chi connectivity index (χ4v) is 1.94. The number of nitrogen functional groups attached to an aromatic ring is 1. The first-order chi connectivity index (χ1) is 10.0. The van der Waals surface area contributed by atoms with E-state index in [0.717, 1.165) is 12.1 Å². The normalized spacial score (nSPS) is 12.1. The van der Waals surface area contributed by atoms with Crippen LogP contribution in [0.3, 0.4) is 0 Å². The molecule has 0 bridgehead atoms. The highest BCUT2D eigenvalue weighted by molar-refractivity contribution is 5.96. The summed E-state index contributed by atoms with van der Waals surface area (Å²) in [6.45, 7) is 4.37. The van der Waals surface area contributed by atoms with Crippen LogP contribution in [0.25, 0.3) is 0 Å². The Bertz CT molecular complexity index is 637. The molecule has 2 rings (SSSR count). The van der Waals surface area contributed by atoms with Gasteiger partial charge < -0.3 is 15.6 Å². The molecule has 6 nitrogen and oxygen atoms in total. The smallest absolute Gasteiger partial charge is 0.341 e. The Hall–Kier alpha value is -2.50. The van der Waals surface area contributed by atoms with Gasteiger partial charge in [-0.25, -0.2) is 4.79 Å². The van der Waals surface area contributed by atoms with Crippen LogP contribution in [0.5, 0.6) is 5.75 Å². The topological polar surface area (TPSA) is 90.4 Å². The zero-order valence-corrected chi connectivity index (χ0v) is 12.1. The van der Waals surface area contributed by atoms with Crippen LogP contribution in [0.15, 0.2) is 30.5 Å². The monoisotopic (exact) mass is 289 g/mol. The molecule has 0 aliphatic heterocycles. The van der Waals surface area contributed by atoms with Gasteiger partial charge in [0.1, 0.15) is 17.9 Å². The van der Waals surface area contributed by atoms with Crippen LogP contribution in [-0.2, 0) is 6.61 Å². The quantitative estimate of drug-likeness (QED) is 0.798. The van der Waals surface area contributed by atoms with Gasteiger partial charge in [-0.3, -0.25) is 4.68 Å². The second-order valence-electron chi connectivity index (χ2n) is 4.86. The van der Waals surface area contributed by atoms with Gasteiger partial charge in [0.05, 0.1) is 5.69 Å². The van der Waals surface area contributed by atoms with E-state index in [9.17, 15) is 9.90 Å². The van der Waals surface area contributed by atoms with Crippen molar-refractivity contribution in [2.75, 3.05) is 5.73 Å². The van der Waals surface area contributed by atoms with Crippen molar-refractivity contribution >= 4 is 11.7 Å². The Morgan fingerprint density at radius 2 is 2.24 bits per heavy atom. The van der Waals surface area contributed by atoms with E-state index in [0.29, 0.717) is 6.04 Å². The summed E-state index contributed by atoms with van der Waals surface area (Å²) in [4.78, 5) is 11.2. The summed E-state index contributed by atoms with van der Waals surface area (Å²) < 4.78 is 7.43. The van der Waals surface area contributed by atoms with E-state index in [1.807, 2.05) is 16.9 Å². The van der Waals surface area contributed by atoms with E-state index in [-0.39, 0.29) is 23.6 Å². The molecule has 0 aliphatic rings. The van der Waals surface area contributed by atoms with Gasteiger partial charge in [-0.2, -0.15) is 5.10 Å². The Morgan fingerprint density at radius 3 is 2.90 bits per heavy atom. The molecule has 6 heteroatoms. The van der Waals surface area contributed by atoms with Crippen molar-refractivity contribution in [3.8, 4) is 5.75 Å². The number of nitrogens with two attached hydrogens (primary N) is 1. The molecule has 112 valence electrons. The van der Waals surface area contributed by atoms with Crippen LogP contribution in [0.4, 0.5) is 5.69 Å². The van der Waals surface area contributed by atoms with Crippen LogP contribution in [0.2, 0.25) is 0 Å². The molecule has 21 heavy (non-hydrogen) atoms. The maximum absolute atomic E-state index is 11.2. The number of ether oxygens (including phenoxy) is 1. The van der Waals surface area contributed by atoms with Crippen molar-refractivity contribution in [1.82, 2.24) is 9.78 Å². The van der Waals surface area contributed by atoms with Crippen LogP contribution in [0, 0.1) is 0 Å². The number of benzene rings is 1. The number of hydrogen-bond donors (Lipinski definition) is 2. The van der Waals surface area contributed by atoms with Crippen LogP contribution in [0.1, 0.15) is 42.4 Å². The van der Waals surface area contributed by atoms with Crippen LogP contribution >= 0.6 is 0 Å². The number of carboxylic acid groups (broad SMARTS) is 1. The molecule has 1 atom stereocenters. The molecular weight excluding hydrogens is 270 g/mol. The van der Waals surface area contributed by atoms with Gasteiger partial charge in [0.25, 0.3) is 0 Å². The Morgan fingerprint density at radius 1 is 1.48 bits per heavy atom. The number of rotatable bonds is 6. The van der Waals surface area contributed by atoms with Crippen LogP contribution in [-0.4, -0.2) is 20.9 Å². The molecule has 0 saturated heterocycles. The summed E-state index contributed by atoms with van der Waals surface area (Å²) in [5.74, 6) is -0.853. The molecule has 3 N–H and O–H groups in total. The number of aromatic nitrogens is 2. The van der Waals surface area contributed by atoms with Crippen LogP contribution < -0.4 is 10.5 Å². The SMILES string of the molecule is CCC(C)n1ccc(COc2cccc(N)c2C(=O)O)n1. The summed E-state index contributed by atoms with van der Waals surface area (Å²) in [6.07, 6.45) is 2.88. The molecular formula is C15H19N3O3. The average molecular weight is 289 g/mol. The number of carbonyl (C=O) groups is 1. The lowest BCUT2D eigenvalue weighted by molar-refractivity contribution is 0.0693. The third kappa shape index (κ3) is 3.34. The molecule has 1 aromatic carbocycles. The molecule has 0 fully saturated rings. The van der Waals surface area contributed by atoms with E-state index in [1.54, 1.807) is 12.1 Å². The third-order valence-corrected chi connectivity index (χ3v) is 3.35. The number of hydrogen-bond acceptors (Lipinski definition) is 4. The first-order valence-electron chi connectivity index (χ1n) is 6.81. The summed E-state index contributed by atoms with van der Waals surface area (Å²) in [7, 11) is 0. The van der Waals surface area contributed by atoms with Gasteiger partial charge in [-0.15, -0.1) is 0 Å². The van der Waals surface area contributed by atoms with Gasteiger partial charge in [0.2, 0.25) is 0 Å². The fraction of sp³-hybridized carbons (Fsp3) is 0.333. The molecule has 0 radical (unpaired) electrons. The highest BCUT2D eigenvalue weighted by Crippen LogP contribution is 2.25. The van der Waals surface area contributed by atoms with Crippen molar-refractivity contribution in [3.63, 3.8) is 0 Å². The second-order valence-corrected chi connectivity index (χ2v) is 4.86. The second kappa shape index (κ2) is 6.30. The highest BCUT2D eigenvalue weighted by atomic mass is 16.5. The maximum atomic E-state index is 11.2. The number of aromatic carboxylic acids is 1. The lowest BCUT2D eigenvalue weighted by atomic mass is 10.1. The number of nitrogens with zero attached hydrogens (tertiary/aromatic N) is 2. The highest BCUT2D eigenvalue weighted by Gasteiger charge is 2.15. The van der Waals surface area contributed by atoms with Crippen molar-refractivity contribution in [2.24, 2.45) is 0 Å². The van der Waals surface area contributed by atoms with Gasteiger partial charge in [0.15, 0.2) is 0 Å². The Labute approximate surface area is 123 Å². The first kappa shape index (κ1) is 14.9. The molecule has 0 saturated carbocycles. The Balaban J connectivity index is 2.12. The molecule has 2 aromatic rings. The van der Waals surface area contributed by atoms with Gasteiger partial charge in [-0.05, 0) is 31.5 Å². The van der Waals surface area contributed by atoms with Crippen molar-refractivity contribution < 1.29 is 14.6 Å². The summed E-state index contributed by atoms with van der Waals surface area (Å²) in [6, 6.07) is 6.97. The molecule has 1 unspecified atom stereocenters. The largest absolute Gasteiger partial charge is 0.486 e. The summed E-state index contributed by atoms with van der Waals surface area (Å²) in [5, 5.41) is 13.6. The molecule has 1 aromatic heterocycles. The molecule has 0 amide bonds. The third-order valence-electron chi connectivity index (χ3n) is 3.35. The maximum Gasteiger partial charge on any atom is 0.341 e. The number of carboxylic acids is 1. The predicted octanol–water partition coefficient (Wildman–Crippen LogP) is 2.71. The molecule has 0 spiro atoms. The van der Waals surface area contributed by atoms with Gasteiger partial charge >= 0.3 is 5.97 Å². The van der Waals surface area contributed by atoms with Crippen molar-refractivity contribution in [3.05, 3.63) is 41.7 Å². The fourth-order valence-electron chi connectivity index (χ4n) is 1.94. The minimum atomic E-state index is -1.10. The van der Waals surface area contributed by atoms with Gasteiger partial charge in [0, 0.05) is 17.9 Å². The molecule has 0 aliphatic carbocycles. The van der Waals surface area contributed by atoms with E-state index in [1.165, 1.54) is 6.07 Å². The minimum Gasteiger partial charge on any atom is -0.486 e. The number of anilines is 1. The lowest BCUT2D eigenvalue weighted by Crippen LogP contribution is -2.08. The average Bonchev–Trinajstić information content (AvgIpc) is 2.92. The van der Waals surface area contributed by atoms with Crippen molar-refractivity contribution in [1.29, 1.82) is 0 Å². The Kier molecular flexibility index (Phi) is 4.47. The van der Waals surface area contributed by atoms with E-state index >= 15 is 0 Å². The molecule has 1 heterocycles. The van der Waals surface area contributed by atoms with Gasteiger partial charge in [-0.1, -0.05) is 13.0 Å². The summed E-state index contributed by atoms with van der Waals surface area (Å²) in [5.41, 5.74) is 6.59. The minimum absolute atomic E-state index is 0.0149. The predicted molar refractivity (Wildman–Crippen MR) is 79.4 cm³/mol. The van der Waals surface area contributed by atoms with Crippen molar-refractivity contribution in [2.45, 2.75) is 32.9 Å². The summed E-state index contributed by atoms with van der Waals surface area (Å²) >= 11 is 0. The van der Waals surface area contributed by atoms with E-state index in [4.69, 9.17) is 10.5 Å². The van der Waals surface area contributed by atoms with E-state index < -0.39 is 5.97 Å². The zero-order valence-electron chi connectivity index (χ0n) is 12.1. The zero-order chi connectivity index (χ0) is 15.4. The lowest BCUT2D eigenvalue weighted by Gasteiger charge is -2.10. The standard InChI is InChI=1S/C15H19N3O3/c1-3-10(2)18-8-7-11(17-18)9-21-13-6-4-5-12(16)14(13)15(19)20/h4-8,10H,3,9,16H2,1-2H3,(H,19,20). The van der Waals surface area contributed by atoms with E-state index in [2.05, 4.69) is 18.9 Å². The first-order valence-corrected chi connectivity index (χ1v) is 6.81.